The first-order valence-electron chi connectivity index (χ1n) is 9.63. The van der Waals surface area contributed by atoms with E-state index in [0.29, 0.717) is 23.5 Å². The zero-order valence-electron chi connectivity index (χ0n) is 15.2. The van der Waals surface area contributed by atoms with Gasteiger partial charge < -0.3 is 9.26 Å². The second-order valence-corrected chi connectivity index (χ2v) is 7.60. The van der Waals surface area contributed by atoms with Crippen molar-refractivity contribution >= 4 is 0 Å². The molecule has 2 fully saturated rings. The highest BCUT2D eigenvalue weighted by molar-refractivity contribution is 5.22. The maximum atomic E-state index is 12.9. The summed E-state index contributed by atoms with van der Waals surface area (Å²) >= 11 is 0. The average Bonchev–Trinajstić information content (AvgIpc) is 3.11. The fourth-order valence-corrected chi connectivity index (χ4v) is 4.47. The van der Waals surface area contributed by atoms with Crippen LogP contribution in [0.1, 0.15) is 50.7 Å². The van der Waals surface area contributed by atoms with Crippen LogP contribution in [0.5, 0.6) is 5.75 Å². The Morgan fingerprint density at radius 3 is 2.85 bits per heavy atom. The smallest absolute Gasteiger partial charge is 0.240 e. The number of piperidine rings is 1. The fraction of sp³-hybridized carbons (Fsp3) is 0.600. The lowest BCUT2D eigenvalue weighted by molar-refractivity contribution is 0.0143. The second-order valence-electron chi connectivity index (χ2n) is 7.60. The number of fused-ring (bicyclic) bond motifs is 1. The third kappa shape index (κ3) is 3.90. The molecule has 1 aliphatic carbocycles. The molecule has 1 aliphatic heterocycles. The first-order valence-corrected chi connectivity index (χ1v) is 9.63. The zero-order chi connectivity index (χ0) is 17.9. The molecule has 3 atom stereocenters. The Kier molecular flexibility index (Phi) is 5.20. The molecular formula is C20H26FN3O2. The van der Waals surface area contributed by atoms with Gasteiger partial charge in [0.05, 0.1) is 6.54 Å². The first kappa shape index (κ1) is 17.5. The van der Waals surface area contributed by atoms with Crippen LogP contribution >= 0.6 is 0 Å². The molecule has 1 saturated heterocycles. The minimum atomic E-state index is -0.281. The molecule has 0 amide bonds. The van der Waals surface area contributed by atoms with Crippen molar-refractivity contribution in [2.24, 2.45) is 11.8 Å². The highest BCUT2D eigenvalue weighted by Crippen LogP contribution is 2.39. The quantitative estimate of drug-likeness (QED) is 0.801. The molecule has 0 radical (unpaired) electrons. The van der Waals surface area contributed by atoms with E-state index in [1.807, 2.05) is 0 Å². The summed E-state index contributed by atoms with van der Waals surface area (Å²) in [5.74, 6) is 3.11. The molecule has 26 heavy (non-hydrogen) atoms. The van der Waals surface area contributed by atoms with Crippen LogP contribution in [0, 0.1) is 17.7 Å². The van der Waals surface area contributed by atoms with Crippen LogP contribution in [0.3, 0.4) is 0 Å². The molecular weight excluding hydrogens is 333 g/mol. The lowest BCUT2D eigenvalue weighted by atomic mass is 9.72. The summed E-state index contributed by atoms with van der Waals surface area (Å²) in [6.07, 6.45) is 6.57. The number of hydrogen-bond donors (Lipinski definition) is 0. The van der Waals surface area contributed by atoms with Gasteiger partial charge >= 0.3 is 0 Å². The van der Waals surface area contributed by atoms with E-state index in [-0.39, 0.29) is 12.4 Å². The SMILES string of the molecule is CC1CCN(Cc2nc(COc3ccc(F)cc3)no2)C2CCCCC12. The van der Waals surface area contributed by atoms with Crippen molar-refractivity contribution in [3.63, 3.8) is 0 Å². The van der Waals surface area contributed by atoms with Crippen LogP contribution in [0.15, 0.2) is 28.8 Å². The van der Waals surface area contributed by atoms with Crippen molar-refractivity contribution in [2.75, 3.05) is 6.54 Å². The van der Waals surface area contributed by atoms with E-state index in [2.05, 4.69) is 22.0 Å². The van der Waals surface area contributed by atoms with Gasteiger partial charge in [-0.3, -0.25) is 4.90 Å². The third-order valence-electron chi connectivity index (χ3n) is 5.88. The van der Waals surface area contributed by atoms with Crippen molar-refractivity contribution < 1.29 is 13.7 Å². The van der Waals surface area contributed by atoms with Crippen LogP contribution in [0.25, 0.3) is 0 Å². The molecule has 1 saturated carbocycles. The van der Waals surface area contributed by atoms with Gasteiger partial charge in [-0.15, -0.1) is 0 Å². The van der Waals surface area contributed by atoms with Gasteiger partial charge in [0.25, 0.3) is 0 Å². The van der Waals surface area contributed by atoms with E-state index in [4.69, 9.17) is 9.26 Å². The van der Waals surface area contributed by atoms with Crippen molar-refractivity contribution in [3.8, 4) is 5.75 Å². The maximum absolute atomic E-state index is 12.9. The standard InChI is InChI=1S/C20H26FN3O2/c1-14-10-11-24(18-5-3-2-4-17(14)18)12-20-22-19(23-26-20)13-25-16-8-6-15(21)7-9-16/h6-9,14,17-18H,2-5,10-13H2,1H3. The Hall–Kier alpha value is -1.95. The summed E-state index contributed by atoms with van der Waals surface area (Å²) in [6, 6.07) is 6.57. The predicted octanol–water partition coefficient (Wildman–Crippen LogP) is 4.19. The molecule has 4 rings (SSSR count). The van der Waals surface area contributed by atoms with Crippen molar-refractivity contribution in [3.05, 3.63) is 41.8 Å². The number of rotatable bonds is 5. The third-order valence-corrected chi connectivity index (χ3v) is 5.88. The molecule has 2 aliphatic rings. The van der Waals surface area contributed by atoms with Crippen LogP contribution in [0.2, 0.25) is 0 Å². The van der Waals surface area contributed by atoms with Gasteiger partial charge in [-0.25, -0.2) is 4.39 Å². The van der Waals surface area contributed by atoms with E-state index < -0.39 is 0 Å². The molecule has 3 unspecified atom stereocenters. The molecule has 2 heterocycles. The lowest BCUT2D eigenvalue weighted by Crippen LogP contribution is -2.49. The normalized spacial score (nSPS) is 26.5. The first-order chi connectivity index (χ1) is 12.7. The van der Waals surface area contributed by atoms with Gasteiger partial charge in [0.2, 0.25) is 11.7 Å². The highest BCUT2D eigenvalue weighted by atomic mass is 19.1. The van der Waals surface area contributed by atoms with Gasteiger partial charge in [-0.2, -0.15) is 4.98 Å². The topological polar surface area (TPSA) is 51.4 Å². The number of nitrogens with zero attached hydrogens (tertiary/aromatic N) is 3. The van der Waals surface area contributed by atoms with Crippen LogP contribution < -0.4 is 4.74 Å². The molecule has 1 aromatic heterocycles. The van der Waals surface area contributed by atoms with E-state index in [1.54, 1.807) is 12.1 Å². The second kappa shape index (κ2) is 7.74. The molecule has 1 aromatic carbocycles. The van der Waals surface area contributed by atoms with Gasteiger partial charge in [0, 0.05) is 6.04 Å². The molecule has 0 N–H and O–H groups in total. The van der Waals surface area contributed by atoms with Gasteiger partial charge in [-0.05, 0) is 61.9 Å². The number of aromatic nitrogens is 2. The maximum Gasteiger partial charge on any atom is 0.240 e. The van der Waals surface area contributed by atoms with E-state index in [9.17, 15) is 4.39 Å². The largest absolute Gasteiger partial charge is 0.485 e. The van der Waals surface area contributed by atoms with Crippen molar-refractivity contribution in [1.29, 1.82) is 0 Å². The van der Waals surface area contributed by atoms with Crippen LogP contribution in [0.4, 0.5) is 4.39 Å². The predicted molar refractivity (Wildman–Crippen MR) is 95.0 cm³/mol. The Balaban J connectivity index is 1.35. The summed E-state index contributed by atoms with van der Waals surface area (Å²) < 4.78 is 23.9. The van der Waals surface area contributed by atoms with E-state index in [1.165, 1.54) is 44.2 Å². The Bertz CT molecular complexity index is 718. The molecule has 5 nitrogen and oxygen atoms in total. The number of benzene rings is 1. The number of hydrogen-bond acceptors (Lipinski definition) is 5. The van der Waals surface area contributed by atoms with E-state index in [0.717, 1.165) is 24.9 Å². The Labute approximate surface area is 153 Å². The number of ether oxygens (including phenoxy) is 1. The summed E-state index contributed by atoms with van der Waals surface area (Å²) in [6.45, 7) is 4.44. The summed E-state index contributed by atoms with van der Waals surface area (Å²) in [5, 5.41) is 4.02. The number of halogens is 1. The molecule has 140 valence electrons. The molecule has 6 heteroatoms. The number of likely N-dealkylation sites (tertiary alicyclic amines) is 1. The highest BCUT2D eigenvalue weighted by Gasteiger charge is 2.37. The summed E-state index contributed by atoms with van der Waals surface area (Å²) in [7, 11) is 0. The van der Waals surface area contributed by atoms with Crippen LogP contribution in [-0.4, -0.2) is 27.6 Å². The van der Waals surface area contributed by atoms with Crippen molar-refractivity contribution in [1.82, 2.24) is 15.0 Å². The van der Waals surface area contributed by atoms with Crippen molar-refractivity contribution in [2.45, 2.75) is 58.2 Å². The lowest BCUT2D eigenvalue weighted by Gasteiger charge is -2.46. The fourth-order valence-electron chi connectivity index (χ4n) is 4.47. The Morgan fingerprint density at radius 1 is 1.19 bits per heavy atom. The van der Waals surface area contributed by atoms with Gasteiger partial charge in [-0.1, -0.05) is 24.9 Å². The zero-order valence-corrected chi connectivity index (χ0v) is 15.2. The monoisotopic (exact) mass is 359 g/mol. The van der Waals surface area contributed by atoms with Crippen LogP contribution in [-0.2, 0) is 13.2 Å². The van der Waals surface area contributed by atoms with E-state index >= 15 is 0 Å². The molecule has 2 aromatic rings. The minimum absolute atomic E-state index is 0.220. The molecule has 0 spiro atoms. The minimum Gasteiger partial charge on any atom is -0.485 e. The average molecular weight is 359 g/mol. The summed E-state index contributed by atoms with van der Waals surface area (Å²) in [5.41, 5.74) is 0. The summed E-state index contributed by atoms with van der Waals surface area (Å²) in [4.78, 5) is 7.00. The van der Waals surface area contributed by atoms with Gasteiger partial charge in [0.1, 0.15) is 11.6 Å². The Morgan fingerprint density at radius 2 is 2.00 bits per heavy atom. The van der Waals surface area contributed by atoms with Gasteiger partial charge in [0.15, 0.2) is 6.61 Å². The molecule has 0 bridgehead atoms.